The van der Waals surface area contributed by atoms with Gasteiger partial charge < -0.3 is 25.8 Å². The average molecular weight is 499 g/mol. The first kappa shape index (κ1) is 25.3. The van der Waals surface area contributed by atoms with Crippen molar-refractivity contribution >= 4 is 40.5 Å². The summed E-state index contributed by atoms with van der Waals surface area (Å²) in [5.41, 5.74) is 2.25. The van der Waals surface area contributed by atoms with Crippen LogP contribution in [0.3, 0.4) is 0 Å². The minimum absolute atomic E-state index is 0.119. The van der Waals surface area contributed by atoms with Crippen LogP contribution in [-0.4, -0.2) is 43.4 Å². The number of halogens is 2. The number of hydrogen-bond acceptors (Lipinski definition) is 6. The van der Waals surface area contributed by atoms with Gasteiger partial charge in [0.25, 0.3) is 5.91 Å². The summed E-state index contributed by atoms with van der Waals surface area (Å²) < 4.78 is 5.61. The second-order valence-electron chi connectivity index (χ2n) is 7.36. The fourth-order valence-electron chi connectivity index (χ4n) is 3.00. The molecule has 7 nitrogen and oxygen atoms in total. The summed E-state index contributed by atoms with van der Waals surface area (Å²) in [7, 11) is 0. The molecule has 0 saturated heterocycles. The van der Waals surface area contributed by atoms with Crippen molar-refractivity contribution in [3.05, 3.63) is 87.9 Å². The van der Waals surface area contributed by atoms with Crippen LogP contribution in [-0.2, 0) is 0 Å². The number of hydrogen-bond donors (Lipinski definition) is 4. The Labute approximate surface area is 208 Å². The zero-order chi connectivity index (χ0) is 24.3. The molecule has 0 aliphatic rings. The Balaban J connectivity index is 1.35. The van der Waals surface area contributed by atoms with Crippen LogP contribution in [0.15, 0.2) is 66.7 Å². The van der Waals surface area contributed by atoms with E-state index in [1.54, 1.807) is 66.7 Å². The molecule has 0 bridgehead atoms. The van der Waals surface area contributed by atoms with Gasteiger partial charge in [-0.25, -0.2) is 0 Å². The molecule has 0 fully saturated rings. The highest BCUT2D eigenvalue weighted by molar-refractivity contribution is 6.39. The van der Waals surface area contributed by atoms with Crippen LogP contribution in [0.1, 0.15) is 15.9 Å². The first-order chi connectivity index (χ1) is 16.5. The first-order valence-corrected chi connectivity index (χ1v) is 11.3. The molecule has 9 heteroatoms. The van der Waals surface area contributed by atoms with E-state index in [1.165, 1.54) is 0 Å². The number of para-hydroxylation sites is 1. The van der Waals surface area contributed by atoms with Crippen LogP contribution in [0, 0.1) is 11.3 Å². The van der Waals surface area contributed by atoms with E-state index in [9.17, 15) is 9.90 Å². The van der Waals surface area contributed by atoms with Gasteiger partial charge in [0, 0.05) is 30.9 Å². The van der Waals surface area contributed by atoms with Crippen molar-refractivity contribution in [1.82, 2.24) is 5.32 Å². The zero-order valence-corrected chi connectivity index (χ0v) is 19.7. The van der Waals surface area contributed by atoms with Crippen LogP contribution in [0.2, 0.25) is 10.0 Å². The Bertz CT molecular complexity index is 1110. The molecule has 176 valence electrons. The van der Waals surface area contributed by atoms with Crippen molar-refractivity contribution in [2.75, 3.05) is 36.9 Å². The van der Waals surface area contributed by atoms with E-state index in [4.69, 9.17) is 33.2 Å². The monoisotopic (exact) mass is 498 g/mol. The third kappa shape index (κ3) is 7.65. The Morgan fingerprint density at radius 3 is 2.32 bits per heavy atom. The second-order valence-corrected chi connectivity index (χ2v) is 8.17. The summed E-state index contributed by atoms with van der Waals surface area (Å²) >= 11 is 12.2. The lowest BCUT2D eigenvalue weighted by Gasteiger charge is -2.15. The second kappa shape index (κ2) is 12.8. The molecule has 0 aliphatic heterocycles. The molecule has 1 atom stereocenters. The van der Waals surface area contributed by atoms with Gasteiger partial charge in [0.2, 0.25) is 0 Å². The van der Waals surface area contributed by atoms with Crippen molar-refractivity contribution in [2.24, 2.45) is 0 Å². The summed E-state index contributed by atoms with van der Waals surface area (Å²) in [4.78, 5) is 12.3. The van der Waals surface area contributed by atoms with Gasteiger partial charge in [0.15, 0.2) is 0 Å². The van der Waals surface area contributed by atoms with E-state index in [2.05, 4.69) is 16.0 Å². The van der Waals surface area contributed by atoms with E-state index >= 15 is 0 Å². The first-order valence-electron chi connectivity index (χ1n) is 10.6. The maximum atomic E-state index is 12.3. The number of aliphatic hydroxyl groups is 1. The zero-order valence-electron chi connectivity index (χ0n) is 18.2. The Morgan fingerprint density at radius 1 is 1.00 bits per heavy atom. The number of amides is 1. The van der Waals surface area contributed by atoms with Gasteiger partial charge in [-0.2, -0.15) is 5.26 Å². The van der Waals surface area contributed by atoms with E-state index in [-0.39, 0.29) is 12.5 Å². The van der Waals surface area contributed by atoms with Crippen molar-refractivity contribution in [3.8, 4) is 11.8 Å². The summed E-state index contributed by atoms with van der Waals surface area (Å²) in [6.45, 7) is 1.67. The minimum Gasteiger partial charge on any atom is -0.491 e. The number of rotatable bonds is 11. The number of nitrogens with zero attached hydrogens (tertiary/aromatic N) is 1. The standard InChI is InChI=1S/C25H24Cl2N4O3/c26-22-2-1-3-23(27)24(22)30-13-12-29-15-20(32)16-34-21-10-8-19(9-11-21)31-25(33)18-6-4-17(14-28)5-7-18/h1-11,20,29-30,32H,12-13,15-16H2,(H,31,33). The van der Waals surface area contributed by atoms with Gasteiger partial charge in [0.05, 0.1) is 27.4 Å². The Morgan fingerprint density at radius 2 is 1.68 bits per heavy atom. The van der Waals surface area contributed by atoms with Crippen LogP contribution in [0.25, 0.3) is 0 Å². The lowest BCUT2D eigenvalue weighted by atomic mass is 10.1. The average Bonchev–Trinajstić information content (AvgIpc) is 2.85. The molecular weight excluding hydrogens is 475 g/mol. The number of benzene rings is 3. The van der Waals surface area contributed by atoms with Gasteiger partial charge in [0.1, 0.15) is 18.5 Å². The quantitative estimate of drug-likeness (QED) is 0.288. The maximum absolute atomic E-state index is 12.3. The molecule has 34 heavy (non-hydrogen) atoms. The number of carbonyl (C=O) groups excluding carboxylic acids is 1. The summed E-state index contributed by atoms with van der Waals surface area (Å²) in [6, 6.07) is 20.6. The van der Waals surface area contributed by atoms with Gasteiger partial charge in [-0.15, -0.1) is 0 Å². The topological polar surface area (TPSA) is 106 Å². The molecule has 3 aromatic carbocycles. The molecule has 4 N–H and O–H groups in total. The number of aliphatic hydroxyl groups excluding tert-OH is 1. The normalized spacial score (nSPS) is 11.4. The van der Waals surface area contributed by atoms with E-state index in [0.717, 1.165) is 0 Å². The van der Waals surface area contributed by atoms with E-state index in [0.29, 0.717) is 57.9 Å². The Kier molecular flexibility index (Phi) is 9.56. The predicted molar refractivity (Wildman–Crippen MR) is 135 cm³/mol. The smallest absolute Gasteiger partial charge is 0.255 e. The van der Waals surface area contributed by atoms with E-state index in [1.807, 2.05) is 6.07 Å². The SMILES string of the molecule is N#Cc1ccc(C(=O)Nc2ccc(OCC(O)CNCCNc3c(Cl)cccc3Cl)cc2)cc1. The number of anilines is 2. The van der Waals surface area contributed by atoms with Gasteiger partial charge >= 0.3 is 0 Å². The third-order valence-electron chi connectivity index (χ3n) is 4.78. The highest BCUT2D eigenvalue weighted by atomic mass is 35.5. The Hall–Kier alpha value is -3.28. The molecular formula is C25H24Cl2N4O3. The number of carbonyl (C=O) groups is 1. The molecule has 1 amide bonds. The molecule has 0 radical (unpaired) electrons. The van der Waals surface area contributed by atoms with Gasteiger partial charge in [-0.1, -0.05) is 29.3 Å². The summed E-state index contributed by atoms with van der Waals surface area (Å²) in [6.07, 6.45) is -0.695. The third-order valence-corrected chi connectivity index (χ3v) is 5.41. The molecule has 3 rings (SSSR count). The summed E-state index contributed by atoms with van der Waals surface area (Å²) in [5.74, 6) is 0.302. The highest BCUT2D eigenvalue weighted by Crippen LogP contribution is 2.29. The lowest BCUT2D eigenvalue weighted by molar-refractivity contribution is 0.102. The lowest BCUT2D eigenvalue weighted by Crippen LogP contribution is -2.34. The van der Waals surface area contributed by atoms with Crippen molar-refractivity contribution in [1.29, 1.82) is 5.26 Å². The molecule has 0 spiro atoms. The van der Waals surface area contributed by atoms with Crippen molar-refractivity contribution in [2.45, 2.75) is 6.10 Å². The van der Waals surface area contributed by atoms with Crippen molar-refractivity contribution < 1.29 is 14.6 Å². The molecule has 0 aliphatic carbocycles. The van der Waals surface area contributed by atoms with E-state index < -0.39 is 6.10 Å². The van der Waals surface area contributed by atoms with Gasteiger partial charge in [-0.3, -0.25) is 4.79 Å². The van der Waals surface area contributed by atoms with Crippen LogP contribution in [0.4, 0.5) is 11.4 Å². The van der Waals surface area contributed by atoms with Crippen molar-refractivity contribution in [3.63, 3.8) is 0 Å². The molecule has 0 heterocycles. The molecule has 3 aromatic rings. The van der Waals surface area contributed by atoms with Crippen LogP contribution in [0.5, 0.6) is 5.75 Å². The van der Waals surface area contributed by atoms with Crippen LogP contribution < -0.4 is 20.7 Å². The predicted octanol–water partition coefficient (Wildman–Crippen LogP) is 4.56. The number of ether oxygens (including phenoxy) is 1. The number of nitriles is 1. The fourth-order valence-corrected chi connectivity index (χ4v) is 3.53. The molecule has 0 aromatic heterocycles. The highest BCUT2D eigenvalue weighted by Gasteiger charge is 2.08. The molecule has 1 unspecified atom stereocenters. The fraction of sp³-hybridized carbons (Fsp3) is 0.200. The summed E-state index contributed by atoms with van der Waals surface area (Å²) in [5, 5.41) is 29.2. The largest absolute Gasteiger partial charge is 0.491 e. The van der Waals surface area contributed by atoms with Crippen LogP contribution >= 0.6 is 23.2 Å². The molecule has 0 saturated carbocycles. The number of nitrogens with one attached hydrogen (secondary N) is 3. The van der Waals surface area contributed by atoms with Gasteiger partial charge in [-0.05, 0) is 60.7 Å². The maximum Gasteiger partial charge on any atom is 0.255 e. The minimum atomic E-state index is -0.695.